The first-order valence-electron chi connectivity index (χ1n) is 9.86. The molecular weight excluding hydrogens is 352 g/mol. The zero-order valence-corrected chi connectivity index (χ0v) is 16.2. The highest BCUT2D eigenvalue weighted by Gasteiger charge is 2.17. The highest BCUT2D eigenvalue weighted by molar-refractivity contribution is 5.59. The normalized spacial score (nSPS) is 17.7. The van der Waals surface area contributed by atoms with Crippen molar-refractivity contribution in [2.24, 2.45) is 0 Å². The average molecular weight is 378 g/mol. The van der Waals surface area contributed by atoms with Crippen LogP contribution in [0.25, 0.3) is 11.3 Å². The van der Waals surface area contributed by atoms with Crippen molar-refractivity contribution in [3.63, 3.8) is 0 Å². The van der Waals surface area contributed by atoms with E-state index in [0.717, 1.165) is 68.3 Å². The minimum Gasteiger partial charge on any atom is -0.314 e. The highest BCUT2D eigenvalue weighted by Crippen LogP contribution is 2.20. The van der Waals surface area contributed by atoms with Gasteiger partial charge in [-0.15, -0.1) is 10.2 Å². The van der Waals surface area contributed by atoms with Gasteiger partial charge >= 0.3 is 0 Å². The monoisotopic (exact) mass is 378 g/mol. The molecule has 1 aliphatic rings. The Balaban J connectivity index is 1.42. The maximum absolute atomic E-state index is 4.77. The average Bonchev–Trinajstić information content (AvgIpc) is 3.24. The predicted octanol–water partition coefficient (Wildman–Crippen LogP) is 1.63. The number of rotatable bonds is 7. The van der Waals surface area contributed by atoms with E-state index in [-0.39, 0.29) is 0 Å². The summed E-state index contributed by atoms with van der Waals surface area (Å²) in [4.78, 5) is 11.7. The van der Waals surface area contributed by atoms with Gasteiger partial charge in [-0.2, -0.15) is 5.21 Å². The van der Waals surface area contributed by atoms with Gasteiger partial charge in [0.25, 0.3) is 0 Å². The number of tetrazole rings is 1. The molecule has 2 aromatic heterocycles. The summed E-state index contributed by atoms with van der Waals surface area (Å²) in [5.74, 6) is 1.58. The number of nitrogens with one attached hydrogen (secondary N) is 2. The van der Waals surface area contributed by atoms with Gasteiger partial charge in [-0.05, 0) is 31.0 Å². The number of aromatic nitrogens is 6. The Labute approximate surface area is 164 Å². The summed E-state index contributed by atoms with van der Waals surface area (Å²) in [6.45, 7) is 6.45. The molecule has 1 fully saturated rings. The molecule has 28 heavy (non-hydrogen) atoms. The van der Waals surface area contributed by atoms with Crippen molar-refractivity contribution in [2.45, 2.75) is 38.8 Å². The molecule has 1 aliphatic heterocycles. The Hall–Kier alpha value is -2.71. The van der Waals surface area contributed by atoms with Crippen molar-refractivity contribution in [3.05, 3.63) is 53.7 Å². The third-order valence-electron chi connectivity index (χ3n) is 5.14. The summed E-state index contributed by atoms with van der Waals surface area (Å²) in [5.41, 5.74) is 3.44. The molecule has 0 bridgehead atoms. The van der Waals surface area contributed by atoms with Crippen LogP contribution in [-0.4, -0.2) is 61.2 Å². The van der Waals surface area contributed by atoms with Gasteiger partial charge < -0.3 is 5.32 Å². The fraction of sp³-hybridized carbons (Fsp3) is 0.450. The third-order valence-corrected chi connectivity index (χ3v) is 5.14. The van der Waals surface area contributed by atoms with Gasteiger partial charge in [0.05, 0.1) is 5.69 Å². The van der Waals surface area contributed by atoms with Crippen molar-refractivity contribution in [3.8, 4) is 11.3 Å². The van der Waals surface area contributed by atoms with Gasteiger partial charge in [0.1, 0.15) is 5.82 Å². The van der Waals surface area contributed by atoms with E-state index >= 15 is 0 Å². The molecule has 1 atom stereocenters. The van der Waals surface area contributed by atoms with Crippen molar-refractivity contribution < 1.29 is 0 Å². The van der Waals surface area contributed by atoms with Crippen molar-refractivity contribution in [1.29, 1.82) is 0 Å². The van der Waals surface area contributed by atoms with E-state index in [0.29, 0.717) is 6.04 Å². The maximum Gasteiger partial charge on any atom is 0.174 e. The van der Waals surface area contributed by atoms with Crippen LogP contribution in [0.1, 0.15) is 30.6 Å². The van der Waals surface area contributed by atoms with Crippen LogP contribution in [0.15, 0.2) is 36.5 Å². The Morgan fingerprint density at radius 2 is 2.11 bits per heavy atom. The molecule has 4 rings (SSSR count). The number of aromatic amines is 1. The molecule has 146 valence electrons. The van der Waals surface area contributed by atoms with Crippen LogP contribution in [0.2, 0.25) is 0 Å². The van der Waals surface area contributed by atoms with Gasteiger partial charge in [-0.1, -0.05) is 23.4 Å². The van der Waals surface area contributed by atoms with Crippen LogP contribution >= 0.6 is 0 Å². The molecule has 8 nitrogen and oxygen atoms in total. The summed E-state index contributed by atoms with van der Waals surface area (Å²) < 4.78 is 0. The summed E-state index contributed by atoms with van der Waals surface area (Å²) in [6, 6.07) is 11.2. The molecule has 8 heteroatoms. The fourth-order valence-electron chi connectivity index (χ4n) is 3.55. The Morgan fingerprint density at radius 3 is 2.96 bits per heavy atom. The molecule has 0 saturated carbocycles. The predicted molar refractivity (Wildman–Crippen MR) is 106 cm³/mol. The highest BCUT2D eigenvalue weighted by atomic mass is 15.5. The van der Waals surface area contributed by atoms with Crippen LogP contribution in [0.5, 0.6) is 0 Å². The lowest BCUT2D eigenvalue weighted by molar-refractivity contribution is 0.165. The Morgan fingerprint density at radius 1 is 1.18 bits per heavy atom. The van der Waals surface area contributed by atoms with Gasteiger partial charge in [0, 0.05) is 56.8 Å². The molecule has 0 amide bonds. The summed E-state index contributed by atoms with van der Waals surface area (Å²) in [6.07, 6.45) is 4.30. The second-order valence-corrected chi connectivity index (χ2v) is 7.26. The minimum absolute atomic E-state index is 0.558. The van der Waals surface area contributed by atoms with Gasteiger partial charge in [-0.3, -0.25) is 4.90 Å². The van der Waals surface area contributed by atoms with Crippen LogP contribution in [0, 0.1) is 0 Å². The van der Waals surface area contributed by atoms with E-state index in [9.17, 15) is 0 Å². The van der Waals surface area contributed by atoms with Crippen LogP contribution in [0.4, 0.5) is 0 Å². The first-order valence-corrected chi connectivity index (χ1v) is 9.86. The molecule has 0 spiro atoms. The molecule has 0 aliphatic carbocycles. The molecule has 1 saturated heterocycles. The topological polar surface area (TPSA) is 95.5 Å². The van der Waals surface area contributed by atoms with Gasteiger partial charge in [0.2, 0.25) is 0 Å². The molecule has 2 N–H and O–H groups in total. The maximum atomic E-state index is 4.77. The lowest BCUT2D eigenvalue weighted by Gasteiger charge is -2.33. The van der Waals surface area contributed by atoms with Crippen molar-refractivity contribution >= 4 is 0 Å². The summed E-state index contributed by atoms with van der Waals surface area (Å²) in [5, 5.41) is 17.5. The quantitative estimate of drug-likeness (QED) is 0.645. The van der Waals surface area contributed by atoms with E-state index in [2.05, 4.69) is 67.0 Å². The SMILES string of the molecule is C[C@H]1CNCCN1Cc1cccc(-c2ccnc(CCCc3nn[nH]n3)n2)c1. The first-order chi connectivity index (χ1) is 13.8. The molecule has 0 unspecified atom stereocenters. The molecular formula is C20H26N8. The fourth-order valence-corrected chi connectivity index (χ4v) is 3.55. The standard InChI is InChI=1S/C20H26N8/c1-15-13-21-10-11-28(15)14-16-4-2-5-17(12-16)18-8-9-22-19(23-18)6-3-7-20-24-26-27-25-20/h2,4-5,8-9,12,15,21H,3,6-7,10-11,13-14H2,1H3,(H,24,25,26,27)/t15-/m0/s1. The molecule has 0 radical (unpaired) electrons. The first kappa shape index (κ1) is 18.6. The second kappa shape index (κ2) is 8.99. The number of piperazine rings is 1. The Bertz CT molecular complexity index is 879. The lowest BCUT2D eigenvalue weighted by atomic mass is 10.1. The van der Waals surface area contributed by atoms with Gasteiger partial charge in [0.15, 0.2) is 5.82 Å². The Kier molecular flexibility index (Phi) is 5.98. The van der Waals surface area contributed by atoms with E-state index in [1.165, 1.54) is 5.56 Å². The molecule has 1 aromatic carbocycles. The number of aryl methyl sites for hydroxylation is 2. The largest absolute Gasteiger partial charge is 0.314 e. The van der Waals surface area contributed by atoms with E-state index in [1.54, 1.807) is 0 Å². The summed E-state index contributed by atoms with van der Waals surface area (Å²) >= 11 is 0. The number of nitrogens with zero attached hydrogens (tertiary/aromatic N) is 6. The van der Waals surface area contributed by atoms with Crippen LogP contribution in [0.3, 0.4) is 0 Å². The zero-order valence-electron chi connectivity index (χ0n) is 16.2. The van der Waals surface area contributed by atoms with E-state index < -0.39 is 0 Å². The number of hydrogen-bond acceptors (Lipinski definition) is 7. The van der Waals surface area contributed by atoms with E-state index in [4.69, 9.17) is 4.98 Å². The van der Waals surface area contributed by atoms with Gasteiger partial charge in [-0.25, -0.2) is 9.97 Å². The molecule has 3 heterocycles. The summed E-state index contributed by atoms with van der Waals surface area (Å²) in [7, 11) is 0. The van der Waals surface area contributed by atoms with Crippen LogP contribution < -0.4 is 5.32 Å². The zero-order chi connectivity index (χ0) is 19.2. The number of benzene rings is 1. The second-order valence-electron chi connectivity index (χ2n) is 7.26. The van der Waals surface area contributed by atoms with Crippen molar-refractivity contribution in [2.75, 3.05) is 19.6 Å². The van der Waals surface area contributed by atoms with Crippen molar-refractivity contribution in [1.82, 2.24) is 40.8 Å². The number of H-pyrrole nitrogens is 1. The third kappa shape index (κ3) is 4.76. The van der Waals surface area contributed by atoms with E-state index in [1.807, 2.05) is 12.3 Å². The minimum atomic E-state index is 0.558. The molecule has 3 aromatic rings. The number of hydrogen-bond donors (Lipinski definition) is 2. The van der Waals surface area contributed by atoms with Crippen LogP contribution in [-0.2, 0) is 19.4 Å². The lowest BCUT2D eigenvalue weighted by Crippen LogP contribution is -2.49. The smallest absolute Gasteiger partial charge is 0.174 e.